The molecular weight excluding hydrogens is 585 g/mol. The zero-order valence-electron chi connectivity index (χ0n) is 25.6. The van der Waals surface area contributed by atoms with Crippen LogP contribution < -0.4 is 0 Å². The van der Waals surface area contributed by atoms with Crippen LogP contribution in [0.2, 0.25) is 0 Å². The normalized spacial score (nSPS) is 11.8. The van der Waals surface area contributed by atoms with E-state index in [1.165, 1.54) is 96.6 Å². The van der Waals surface area contributed by atoms with E-state index in [4.69, 9.17) is 0 Å². The minimum atomic E-state index is 1.24. The van der Waals surface area contributed by atoms with Gasteiger partial charge in [-0.05, 0) is 88.6 Å². The predicted octanol–water partition coefficient (Wildman–Crippen LogP) is 13.7. The number of hydrogen-bond acceptors (Lipinski definition) is 1. The molecule has 0 aliphatic rings. The first-order chi connectivity index (χ1) is 23.3. The molecule has 1 heteroatoms. The molecule has 10 rings (SSSR count). The molecule has 0 bridgehead atoms. The zero-order chi connectivity index (χ0) is 30.9. The van der Waals surface area contributed by atoms with Crippen LogP contribution in [-0.4, -0.2) is 0 Å². The Bertz CT molecular complexity index is 2780. The summed E-state index contributed by atoms with van der Waals surface area (Å²) < 4.78 is 2.67. The third-order valence-electron chi connectivity index (χ3n) is 9.86. The van der Waals surface area contributed by atoms with Gasteiger partial charge in [-0.25, -0.2) is 0 Å². The van der Waals surface area contributed by atoms with E-state index in [9.17, 15) is 0 Å². The molecule has 47 heavy (non-hydrogen) atoms. The molecule has 218 valence electrons. The zero-order valence-corrected chi connectivity index (χ0v) is 26.4. The van der Waals surface area contributed by atoms with Crippen LogP contribution in [0.3, 0.4) is 0 Å². The minimum Gasteiger partial charge on any atom is -0.135 e. The molecule has 0 aliphatic heterocycles. The predicted molar refractivity (Wildman–Crippen MR) is 206 cm³/mol. The van der Waals surface area contributed by atoms with Crippen molar-refractivity contribution < 1.29 is 0 Å². The first kappa shape index (κ1) is 26.5. The summed E-state index contributed by atoms with van der Waals surface area (Å²) in [4.78, 5) is 0. The molecule has 0 radical (unpaired) electrons. The first-order valence-corrected chi connectivity index (χ1v) is 17.0. The maximum Gasteiger partial charge on any atom is 0.0361 e. The Morgan fingerprint density at radius 2 is 0.851 bits per heavy atom. The molecule has 0 nitrogen and oxygen atoms in total. The van der Waals surface area contributed by atoms with Gasteiger partial charge in [-0.15, -0.1) is 11.3 Å². The van der Waals surface area contributed by atoms with Crippen molar-refractivity contribution in [3.63, 3.8) is 0 Å². The number of hydrogen-bond donors (Lipinski definition) is 0. The molecule has 0 unspecified atom stereocenters. The van der Waals surface area contributed by atoms with Crippen molar-refractivity contribution in [1.82, 2.24) is 0 Å². The van der Waals surface area contributed by atoms with E-state index in [-0.39, 0.29) is 0 Å². The molecule has 0 atom stereocenters. The van der Waals surface area contributed by atoms with Crippen LogP contribution in [0.4, 0.5) is 0 Å². The Hall–Kier alpha value is -5.76. The SMILES string of the molecule is c1ccc(-c2ccc(-c3c4ccccc4c(-c4ccc5c(c4)sc4ccc6ccccc6c45)c4ccccc34)c3ccccc23)cc1. The molecule has 1 aromatic heterocycles. The molecule has 1 heterocycles. The number of rotatable bonds is 3. The Morgan fingerprint density at radius 1 is 0.298 bits per heavy atom. The van der Waals surface area contributed by atoms with E-state index in [2.05, 4.69) is 170 Å². The number of thiophene rings is 1. The fourth-order valence-corrected chi connectivity index (χ4v) is 8.98. The second-order valence-corrected chi connectivity index (χ2v) is 13.5. The van der Waals surface area contributed by atoms with Crippen molar-refractivity contribution in [3.05, 3.63) is 170 Å². The average Bonchev–Trinajstić information content (AvgIpc) is 3.52. The van der Waals surface area contributed by atoms with Gasteiger partial charge < -0.3 is 0 Å². The third kappa shape index (κ3) is 4.00. The van der Waals surface area contributed by atoms with Gasteiger partial charge in [0.15, 0.2) is 0 Å². The maximum atomic E-state index is 2.42. The molecule has 0 saturated heterocycles. The summed E-state index contributed by atoms with van der Waals surface area (Å²) in [5.74, 6) is 0. The van der Waals surface area contributed by atoms with Gasteiger partial charge >= 0.3 is 0 Å². The highest BCUT2D eigenvalue weighted by Crippen LogP contribution is 2.48. The van der Waals surface area contributed by atoms with Crippen molar-refractivity contribution in [1.29, 1.82) is 0 Å². The van der Waals surface area contributed by atoms with E-state index in [1.54, 1.807) is 0 Å². The summed E-state index contributed by atoms with van der Waals surface area (Å²) in [5, 5.41) is 13.0. The summed E-state index contributed by atoms with van der Waals surface area (Å²) in [6.45, 7) is 0. The summed E-state index contributed by atoms with van der Waals surface area (Å²) >= 11 is 1.90. The van der Waals surface area contributed by atoms with Crippen molar-refractivity contribution >= 4 is 74.6 Å². The quantitative estimate of drug-likeness (QED) is 0.174. The molecule has 10 aromatic rings. The maximum absolute atomic E-state index is 2.42. The smallest absolute Gasteiger partial charge is 0.0361 e. The van der Waals surface area contributed by atoms with Crippen LogP contribution >= 0.6 is 11.3 Å². The van der Waals surface area contributed by atoms with E-state index in [0.717, 1.165) is 0 Å². The molecule has 0 spiro atoms. The van der Waals surface area contributed by atoms with Crippen LogP contribution in [0, 0.1) is 0 Å². The lowest BCUT2D eigenvalue weighted by Crippen LogP contribution is -1.92. The van der Waals surface area contributed by atoms with Gasteiger partial charge in [0.1, 0.15) is 0 Å². The van der Waals surface area contributed by atoms with Gasteiger partial charge in [-0.2, -0.15) is 0 Å². The standard InChI is InChI=1S/C46H28S/c1-2-12-29(13-3-1)32-25-26-40(35-17-7-6-16-34(32)35)45-38-20-10-8-18-36(38)44(37-19-9-11-21-39(37)45)31-22-24-41-43(28-31)47-42-27-23-30-14-4-5-15-33(30)46(41)42/h1-28H. The third-order valence-corrected chi connectivity index (χ3v) is 11.0. The highest BCUT2D eigenvalue weighted by atomic mass is 32.1. The Kier molecular flexibility index (Phi) is 5.85. The fraction of sp³-hybridized carbons (Fsp3) is 0. The number of benzene rings is 9. The fourth-order valence-electron chi connectivity index (χ4n) is 7.82. The van der Waals surface area contributed by atoms with Crippen LogP contribution in [-0.2, 0) is 0 Å². The van der Waals surface area contributed by atoms with Gasteiger partial charge in [0.2, 0.25) is 0 Å². The second-order valence-electron chi connectivity index (χ2n) is 12.4. The van der Waals surface area contributed by atoms with E-state index in [0.29, 0.717) is 0 Å². The highest BCUT2D eigenvalue weighted by molar-refractivity contribution is 7.26. The van der Waals surface area contributed by atoms with Gasteiger partial charge in [0.05, 0.1) is 0 Å². The first-order valence-electron chi connectivity index (χ1n) is 16.2. The lowest BCUT2D eigenvalue weighted by molar-refractivity contribution is 1.64. The molecule has 0 amide bonds. The Balaban J connectivity index is 1.26. The minimum absolute atomic E-state index is 1.24. The van der Waals surface area contributed by atoms with Gasteiger partial charge in [-0.3, -0.25) is 0 Å². The van der Waals surface area contributed by atoms with Gasteiger partial charge in [0.25, 0.3) is 0 Å². The van der Waals surface area contributed by atoms with Crippen LogP contribution in [0.15, 0.2) is 170 Å². The summed E-state index contributed by atoms with van der Waals surface area (Å²) in [5.41, 5.74) is 7.63. The van der Waals surface area contributed by atoms with E-state index >= 15 is 0 Å². The highest BCUT2D eigenvalue weighted by Gasteiger charge is 2.19. The van der Waals surface area contributed by atoms with Crippen LogP contribution in [0.5, 0.6) is 0 Å². The van der Waals surface area contributed by atoms with Crippen LogP contribution in [0.25, 0.3) is 96.6 Å². The lowest BCUT2D eigenvalue weighted by atomic mass is 9.83. The molecule has 0 fully saturated rings. The summed E-state index contributed by atoms with van der Waals surface area (Å²) in [7, 11) is 0. The van der Waals surface area contributed by atoms with Crippen molar-refractivity contribution in [2.24, 2.45) is 0 Å². The Labute approximate surface area is 276 Å². The van der Waals surface area contributed by atoms with E-state index in [1.807, 2.05) is 11.3 Å². The monoisotopic (exact) mass is 612 g/mol. The summed E-state index contributed by atoms with van der Waals surface area (Å²) in [6.07, 6.45) is 0. The molecule has 0 saturated carbocycles. The lowest BCUT2D eigenvalue weighted by Gasteiger charge is -2.19. The van der Waals surface area contributed by atoms with Gasteiger partial charge in [-0.1, -0.05) is 158 Å². The average molecular weight is 613 g/mol. The summed E-state index contributed by atoms with van der Waals surface area (Å²) in [6, 6.07) is 62.6. The second kappa shape index (κ2) is 10.4. The largest absolute Gasteiger partial charge is 0.135 e. The molecule has 0 aliphatic carbocycles. The Morgan fingerprint density at radius 3 is 1.55 bits per heavy atom. The molecule has 0 N–H and O–H groups in total. The van der Waals surface area contributed by atoms with Crippen molar-refractivity contribution in [3.8, 4) is 33.4 Å². The van der Waals surface area contributed by atoms with Crippen molar-refractivity contribution in [2.75, 3.05) is 0 Å². The van der Waals surface area contributed by atoms with E-state index < -0.39 is 0 Å². The van der Waals surface area contributed by atoms with Gasteiger partial charge in [0, 0.05) is 20.2 Å². The van der Waals surface area contributed by atoms with Crippen LogP contribution in [0.1, 0.15) is 0 Å². The number of fused-ring (bicyclic) bond motifs is 8. The molecular formula is C46H28S. The molecule has 9 aromatic carbocycles. The van der Waals surface area contributed by atoms with Crippen molar-refractivity contribution in [2.45, 2.75) is 0 Å². The topological polar surface area (TPSA) is 0 Å².